The Balaban J connectivity index is 3.24. The van der Waals surface area contributed by atoms with Crippen molar-refractivity contribution in [3.8, 4) is 0 Å². The molecule has 0 amide bonds. The molecule has 0 aliphatic heterocycles. The Hall–Kier alpha value is -0.800. The number of hydrogen-bond acceptors (Lipinski definition) is 2. The molecule has 0 aromatic carbocycles. The summed E-state index contributed by atoms with van der Waals surface area (Å²) in [7, 11) is 1.74. The van der Waals surface area contributed by atoms with Crippen LogP contribution >= 0.6 is 23.2 Å². The first-order valence-electron chi connectivity index (χ1n) is 3.96. The first-order chi connectivity index (χ1) is 6.43. The Bertz CT molecular complexity index is 396. The van der Waals surface area contributed by atoms with Crippen LogP contribution in [0.3, 0.4) is 0 Å². The van der Waals surface area contributed by atoms with Crippen molar-refractivity contribution >= 4 is 33.7 Å². The lowest BCUT2D eigenvalue weighted by Crippen LogP contribution is -2.05. The van der Waals surface area contributed by atoms with E-state index in [0.717, 1.165) is 5.56 Å². The van der Waals surface area contributed by atoms with Gasteiger partial charge in [0.15, 0.2) is 0 Å². The van der Waals surface area contributed by atoms with Crippen LogP contribution in [0.5, 0.6) is 0 Å². The summed E-state index contributed by atoms with van der Waals surface area (Å²) in [6.45, 7) is 1.76. The lowest BCUT2D eigenvalue weighted by atomic mass is 10.1. The molecule has 1 heterocycles. The first-order valence-corrected chi connectivity index (χ1v) is 4.72. The molecule has 0 aliphatic carbocycles. The Labute approximate surface area is 91.6 Å². The van der Waals surface area contributed by atoms with Gasteiger partial charge < -0.3 is 4.57 Å². The van der Waals surface area contributed by atoms with Crippen LogP contribution in [-0.4, -0.2) is 15.1 Å². The summed E-state index contributed by atoms with van der Waals surface area (Å²) in [5, 5.41) is -1.07. The van der Waals surface area contributed by atoms with Gasteiger partial charge in [-0.15, -0.1) is 0 Å². The quantitative estimate of drug-likeness (QED) is 0.750. The van der Waals surface area contributed by atoms with E-state index in [1.807, 2.05) is 0 Å². The van der Waals surface area contributed by atoms with E-state index in [-0.39, 0.29) is 6.42 Å². The molecule has 76 valence electrons. The fourth-order valence-corrected chi connectivity index (χ4v) is 1.83. The van der Waals surface area contributed by atoms with Crippen molar-refractivity contribution in [3.05, 3.63) is 23.0 Å². The van der Waals surface area contributed by atoms with Crippen LogP contribution in [0, 0.1) is 6.92 Å². The summed E-state index contributed by atoms with van der Waals surface area (Å²) >= 11 is 10.7. The van der Waals surface area contributed by atoms with Crippen molar-refractivity contribution in [2.45, 2.75) is 13.3 Å². The molecule has 0 atom stereocenters. The lowest BCUT2D eigenvalue weighted by molar-refractivity contribution is -0.111. The molecule has 0 N–H and O–H groups in total. The zero-order chi connectivity index (χ0) is 10.9. The molecule has 1 aromatic heterocycles. The van der Waals surface area contributed by atoms with Gasteiger partial charge in [0.25, 0.3) is 5.24 Å². The lowest BCUT2D eigenvalue weighted by Gasteiger charge is -2.01. The molecule has 1 aromatic rings. The van der Waals surface area contributed by atoms with Gasteiger partial charge in [-0.1, -0.05) is 0 Å². The second-order valence-electron chi connectivity index (χ2n) is 3.05. The van der Waals surface area contributed by atoms with E-state index < -0.39 is 10.5 Å². The van der Waals surface area contributed by atoms with E-state index in [9.17, 15) is 9.59 Å². The molecule has 0 spiro atoms. The molecular formula is C9H9Cl2NO2. The second kappa shape index (κ2) is 4.15. The Kier molecular flexibility index (Phi) is 3.34. The smallest absolute Gasteiger partial charge is 0.254 e. The largest absolute Gasteiger partial charge is 0.353 e. The van der Waals surface area contributed by atoms with Crippen LogP contribution in [0.15, 0.2) is 6.20 Å². The van der Waals surface area contributed by atoms with E-state index in [0.29, 0.717) is 11.3 Å². The summed E-state index contributed by atoms with van der Waals surface area (Å²) in [6.07, 6.45) is 1.75. The summed E-state index contributed by atoms with van der Waals surface area (Å²) in [5.74, 6) is 0. The highest BCUT2D eigenvalue weighted by atomic mass is 35.5. The Morgan fingerprint density at radius 3 is 2.43 bits per heavy atom. The minimum absolute atomic E-state index is 0.0136. The number of halogens is 2. The molecule has 14 heavy (non-hydrogen) atoms. The van der Waals surface area contributed by atoms with Gasteiger partial charge in [0, 0.05) is 18.9 Å². The third kappa shape index (κ3) is 2.16. The van der Waals surface area contributed by atoms with Crippen LogP contribution in [-0.2, 0) is 18.3 Å². The van der Waals surface area contributed by atoms with Gasteiger partial charge in [0.05, 0.1) is 12.0 Å². The number of aryl methyl sites for hydroxylation is 2. The maximum absolute atomic E-state index is 11.1. The highest BCUT2D eigenvalue weighted by molar-refractivity contribution is 6.68. The molecule has 0 unspecified atom stereocenters. The highest BCUT2D eigenvalue weighted by Gasteiger charge is 2.18. The van der Waals surface area contributed by atoms with Gasteiger partial charge in [-0.2, -0.15) is 0 Å². The van der Waals surface area contributed by atoms with Crippen molar-refractivity contribution in [1.29, 1.82) is 0 Å². The van der Waals surface area contributed by atoms with Crippen LogP contribution < -0.4 is 0 Å². The Morgan fingerprint density at radius 1 is 1.43 bits per heavy atom. The fraction of sp³-hybridized carbons (Fsp3) is 0.333. The number of nitrogens with zero attached hydrogens (tertiary/aromatic N) is 1. The van der Waals surface area contributed by atoms with Gasteiger partial charge in [0.2, 0.25) is 5.24 Å². The number of hydrogen-bond donors (Lipinski definition) is 0. The monoisotopic (exact) mass is 233 g/mol. The van der Waals surface area contributed by atoms with E-state index in [1.54, 1.807) is 24.7 Å². The SMILES string of the molecule is Cc1cn(C)c(CC(=O)Cl)c1C(=O)Cl. The van der Waals surface area contributed by atoms with E-state index in [4.69, 9.17) is 23.2 Å². The molecular weight excluding hydrogens is 225 g/mol. The van der Waals surface area contributed by atoms with Crippen LogP contribution in [0.2, 0.25) is 0 Å². The number of rotatable bonds is 3. The normalized spacial score (nSPS) is 10.3. The second-order valence-corrected chi connectivity index (χ2v) is 3.82. The number of carbonyl (C=O) groups is 2. The van der Waals surface area contributed by atoms with E-state index >= 15 is 0 Å². The average molecular weight is 234 g/mol. The van der Waals surface area contributed by atoms with Gasteiger partial charge in [-0.25, -0.2) is 0 Å². The van der Waals surface area contributed by atoms with Crippen LogP contribution in [0.1, 0.15) is 21.6 Å². The van der Waals surface area contributed by atoms with Gasteiger partial charge in [0.1, 0.15) is 0 Å². The third-order valence-electron chi connectivity index (χ3n) is 2.00. The van der Waals surface area contributed by atoms with Crippen LogP contribution in [0.4, 0.5) is 0 Å². The number of aromatic nitrogens is 1. The van der Waals surface area contributed by atoms with E-state index in [1.165, 1.54) is 0 Å². The summed E-state index contributed by atoms with van der Waals surface area (Å²) in [6, 6.07) is 0. The zero-order valence-electron chi connectivity index (χ0n) is 7.80. The van der Waals surface area contributed by atoms with E-state index in [2.05, 4.69) is 0 Å². The summed E-state index contributed by atoms with van der Waals surface area (Å²) in [4.78, 5) is 21.8. The summed E-state index contributed by atoms with van der Waals surface area (Å²) in [5.41, 5.74) is 1.69. The molecule has 0 bridgehead atoms. The zero-order valence-corrected chi connectivity index (χ0v) is 9.32. The van der Waals surface area contributed by atoms with Crippen molar-refractivity contribution in [2.24, 2.45) is 7.05 Å². The van der Waals surface area contributed by atoms with Crippen molar-refractivity contribution in [3.63, 3.8) is 0 Å². The van der Waals surface area contributed by atoms with Crippen molar-refractivity contribution in [2.75, 3.05) is 0 Å². The third-order valence-corrected chi connectivity index (χ3v) is 2.32. The molecule has 0 saturated heterocycles. The van der Waals surface area contributed by atoms with Gasteiger partial charge in [-0.3, -0.25) is 9.59 Å². The molecule has 0 saturated carbocycles. The average Bonchev–Trinajstić information content (AvgIpc) is 2.25. The van der Waals surface area contributed by atoms with Crippen molar-refractivity contribution in [1.82, 2.24) is 4.57 Å². The Morgan fingerprint density at radius 2 is 2.00 bits per heavy atom. The van der Waals surface area contributed by atoms with Crippen LogP contribution in [0.25, 0.3) is 0 Å². The maximum Gasteiger partial charge on any atom is 0.254 e. The predicted octanol–water partition coefficient (Wildman–Crippen LogP) is 2.02. The standard InChI is InChI=1S/C9H9Cl2NO2/c1-5-4-12(2)6(3-7(10)13)8(5)9(11)14/h4H,3H2,1-2H3. The fourth-order valence-electron chi connectivity index (χ4n) is 1.45. The molecule has 0 fully saturated rings. The predicted molar refractivity (Wildman–Crippen MR) is 54.9 cm³/mol. The highest BCUT2D eigenvalue weighted by Crippen LogP contribution is 2.19. The van der Waals surface area contributed by atoms with Crippen molar-refractivity contribution < 1.29 is 9.59 Å². The van der Waals surface area contributed by atoms with Gasteiger partial charge >= 0.3 is 0 Å². The molecule has 3 nitrogen and oxygen atoms in total. The molecule has 0 radical (unpaired) electrons. The summed E-state index contributed by atoms with van der Waals surface area (Å²) < 4.78 is 1.69. The molecule has 0 aliphatic rings. The first kappa shape index (κ1) is 11.3. The number of carbonyl (C=O) groups excluding carboxylic acids is 2. The minimum Gasteiger partial charge on any atom is -0.353 e. The maximum atomic E-state index is 11.1. The molecule has 1 rings (SSSR count). The molecule has 5 heteroatoms. The topological polar surface area (TPSA) is 39.1 Å². The van der Waals surface area contributed by atoms with Gasteiger partial charge in [-0.05, 0) is 35.7 Å². The minimum atomic E-state index is -0.559.